The lowest BCUT2D eigenvalue weighted by Gasteiger charge is -2.19. The summed E-state index contributed by atoms with van der Waals surface area (Å²) in [7, 11) is 1.90. The Morgan fingerprint density at radius 1 is 1.55 bits per heavy atom. The van der Waals surface area contributed by atoms with E-state index in [0.29, 0.717) is 0 Å². The van der Waals surface area contributed by atoms with E-state index in [-0.39, 0.29) is 0 Å². The lowest BCUT2D eigenvalue weighted by Crippen LogP contribution is -2.23. The summed E-state index contributed by atoms with van der Waals surface area (Å²) in [5, 5.41) is 4.11. The van der Waals surface area contributed by atoms with E-state index in [4.69, 9.17) is 0 Å². The van der Waals surface area contributed by atoms with Crippen LogP contribution in [0.5, 0.6) is 0 Å². The Morgan fingerprint density at radius 3 is 2.91 bits per heavy atom. The van der Waals surface area contributed by atoms with Crippen LogP contribution < -0.4 is 0 Å². The summed E-state index contributed by atoms with van der Waals surface area (Å²) >= 11 is 0. The van der Waals surface area contributed by atoms with Crippen molar-refractivity contribution < 1.29 is 0 Å². The fourth-order valence-corrected chi connectivity index (χ4v) is 1.69. The van der Waals surface area contributed by atoms with Gasteiger partial charge in [-0.2, -0.15) is 7.05 Å². The predicted molar refractivity (Wildman–Crippen MR) is 49.0 cm³/mol. The van der Waals surface area contributed by atoms with Crippen molar-refractivity contribution in [1.82, 2.24) is 4.90 Å². The van der Waals surface area contributed by atoms with Crippen LogP contribution in [0.15, 0.2) is 0 Å². The first-order valence-corrected chi connectivity index (χ1v) is 4.64. The first kappa shape index (κ1) is 9.01. The summed E-state index contributed by atoms with van der Waals surface area (Å²) in [5.74, 6) is 0.965. The van der Waals surface area contributed by atoms with E-state index < -0.39 is 0 Å². The molecule has 0 aromatic heterocycles. The second-order valence-corrected chi connectivity index (χ2v) is 3.40. The first-order valence-electron chi connectivity index (χ1n) is 4.64. The highest BCUT2D eigenvalue weighted by atomic mass is 15.2. The lowest BCUT2D eigenvalue weighted by atomic mass is 10.1. The van der Waals surface area contributed by atoms with E-state index in [1.807, 2.05) is 7.05 Å². The largest absolute Gasteiger partial charge is 0.664 e. The molecule has 0 unspecified atom stereocenters. The molecule has 66 valence electrons. The molecule has 1 aliphatic rings. The number of hydrogen-bond acceptors (Lipinski definition) is 1. The maximum absolute atomic E-state index is 4.11. The molecule has 1 rings (SSSR count). The van der Waals surface area contributed by atoms with Crippen LogP contribution in [0.4, 0.5) is 0 Å². The molecule has 0 radical (unpaired) electrons. The van der Waals surface area contributed by atoms with Crippen LogP contribution in [-0.2, 0) is 0 Å². The highest BCUT2D eigenvalue weighted by molar-refractivity contribution is 4.79. The molecule has 1 aliphatic heterocycles. The van der Waals surface area contributed by atoms with Gasteiger partial charge >= 0.3 is 0 Å². The maximum atomic E-state index is 4.11. The van der Waals surface area contributed by atoms with Gasteiger partial charge in [0.25, 0.3) is 0 Å². The zero-order valence-electron chi connectivity index (χ0n) is 7.71. The molecule has 0 saturated carbocycles. The normalized spacial score (nSPS) is 26.2. The van der Waals surface area contributed by atoms with Gasteiger partial charge in [-0.1, -0.05) is 13.3 Å². The molecular formula is C9H19N2-. The number of nitrogens with zero attached hydrogens (tertiary/aromatic N) is 2. The Balaban J connectivity index is 2.09. The smallest absolute Gasteiger partial charge is 0.000933 e. The number of likely N-dealkylation sites (N-methyl/N-ethyl adjacent to an activating group) is 1. The molecule has 1 fully saturated rings. The van der Waals surface area contributed by atoms with Crippen LogP contribution in [0.25, 0.3) is 5.32 Å². The van der Waals surface area contributed by atoms with Gasteiger partial charge in [0, 0.05) is 6.54 Å². The second kappa shape index (κ2) is 4.73. The highest BCUT2D eigenvalue weighted by Crippen LogP contribution is 2.18. The molecular weight excluding hydrogens is 136 g/mol. The van der Waals surface area contributed by atoms with Gasteiger partial charge in [0.05, 0.1) is 0 Å². The van der Waals surface area contributed by atoms with Gasteiger partial charge in [0.15, 0.2) is 0 Å². The van der Waals surface area contributed by atoms with Gasteiger partial charge in [-0.25, -0.2) is 0 Å². The molecule has 1 heterocycles. The van der Waals surface area contributed by atoms with Crippen LogP contribution >= 0.6 is 0 Å². The van der Waals surface area contributed by atoms with E-state index in [9.17, 15) is 0 Å². The summed E-state index contributed by atoms with van der Waals surface area (Å²) in [4.78, 5) is 2.53. The third-order valence-corrected chi connectivity index (χ3v) is 2.59. The maximum Gasteiger partial charge on any atom is 0.000933 e. The molecule has 11 heavy (non-hydrogen) atoms. The Labute approximate surface area is 70.0 Å². The van der Waals surface area contributed by atoms with Crippen molar-refractivity contribution in [2.45, 2.75) is 19.8 Å². The molecule has 0 aliphatic carbocycles. The molecule has 1 saturated heterocycles. The Kier molecular flexibility index (Phi) is 3.87. The Morgan fingerprint density at radius 2 is 2.36 bits per heavy atom. The molecule has 1 atom stereocenters. The molecule has 2 nitrogen and oxygen atoms in total. The SMILES string of the molecule is CC[C@H]1CCN(CC[N-]C)C1. The van der Waals surface area contributed by atoms with Crippen molar-refractivity contribution in [3.63, 3.8) is 0 Å². The zero-order chi connectivity index (χ0) is 8.10. The second-order valence-electron chi connectivity index (χ2n) is 3.40. The summed E-state index contributed by atoms with van der Waals surface area (Å²) in [5.41, 5.74) is 0. The molecule has 0 spiro atoms. The Hall–Kier alpha value is -0.0800. The van der Waals surface area contributed by atoms with Crippen LogP contribution in [-0.4, -0.2) is 38.1 Å². The fourth-order valence-electron chi connectivity index (χ4n) is 1.69. The molecule has 0 aromatic carbocycles. The van der Waals surface area contributed by atoms with E-state index in [1.54, 1.807) is 0 Å². The average Bonchev–Trinajstić information content (AvgIpc) is 2.48. The van der Waals surface area contributed by atoms with Gasteiger partial charge in [-0.15, -0.1) is 6.54 Å². The molecule has 0 aromatic rings. The predicted octanol–water partition coefficient (Wildman–Crippen LogP) is 1.72. The standard InChI is InChI=1S/C9H19N2/c1-3-9-4-6-11(8-9)7-5-10-2/h9H,3-8H2,1-2H3/q-1/t9-/m0/s1. The first-order chi connectivity index (χ1) is 5.36. The monoisotopic (exact) mass is 155 g/mol. The van der Waals surface area contributed by atoms with Crippen LogP contribution in [0.2, 0.25) is 0 Å². The van der Waals surface area contributed by atoms with Crippen molar-refractivity contribution in [3.05, 3.63) is 5.32 Å². The van der Waals surface area contributed by atoms with Gasteiger partial charge < -0.3 is 10.2 Å². The summed E-state index contributed by atoms with van der Waals surface area (Å²) in [6.45, 7) is 7.09. The molecule has 0 N–H and O–H groups in total. The quantitative estimate of drug-likeness (QED) is 0.604. The molecule has 0 bridgehead atoms. The Bertz CT molecular complexity index is 104. The van der Waals surface area contributed by atoms with Crippen molar-refractivity contribution in [3.8, 4) is 0 Å². The van der Waals surface area contributed by atoms with Crippen molar-refractivity contribution in [2.75, 3.05) is 33.2 Å². The van der Waals surface area contributed by atoms with E-state index in [2.05, 4.69) is 17.1 Å². The van der Waals surface area contributed by atoms with Crippen LogP contribution in [0.3, 0.4) is 0 Å². The van der Waals surface area contributed by atoms with Gasteiger partial charge in [-0.3, -0.25) is 0 Å². The number of hydrogen-bond donors (Lipinski definition) is 0. The fraction of sp³-hybridized carbons (Fsp3) is 1.00. The van der Waals surface area contributed by atoms with Gasteiger partial charge in [-0.05, 0) is 25.4 Å². The van der Waals surface area contributed by atoms with Crippen molar-refractivity contribution in [2.24, 2.45) is 5.92 Å². The number of likely N-dealkylation sites (tertiary alicyclic amines) is 1. The molecule has 0 amide bonds. The van der Waals surface area contributed by atoms with E-state index >= 15 is 0 Å². The molecule has 2 heteroatoms. The summed E-state index contributed by atoms with van der Waals surface area (Å²) < 4.78 is 0. The number of rotatable bonds is 4. The van der Waals surface area contributed by atoms with Gasteiger partial charge in [0.1, 0.15) is 0 Å². The minimum absolute atomic E-state index is 0.965. The van der Waals surface area contributed by atoms with Crippen LogP contribution in [0, 0.1) is 5.92 Å². The summed E-state index contributed by atoms with van der Waals surface area (Å²) in [6.07, 6.45) is 2.75. The van der Waals surface area contributed by atoms with Crippen LogP contribution in [0.1, 0.15) is 19.8 Å². The topological polar surface area (TPSA) is 17.3 Å². The van der Waals surface area contributed by atoms with E-state index in [0.717, 1.165) is 12.5 Å². The summed E-state index contributed by atoms with van der Waals surface area (Å²) in [6, 6.07) is 0. The third kappa shape index (κ3) is 2.80. The minimum Gasteiger partial charge on any atom is -0.664 e. The van der Waals surface area contributed by atoms with Crippen molar-refractivity contribution >= 4 is 0 Å². The lowest BCUT2D eigenvalue weighted by molar-refractivity contribution is 0.336. The zero-order valence-corrected chi connectivity index (χ0v) is 7.71. The average molecular weight is 155 g/mol. The minimum atomic E-state index is 0.965. The third-order valence-electron chi connectivity index (χ3n) is 2.59. The van der Waals surface area contributed by atoms with Gasteiger partial charge in [0.2, 0.25) is 0 Å². The van der Waals surface area contributed by atoms with E-state index in [1.165, 1.54) is 32.5 Å². The van der Waals surface area contributed by atoms with Crippen molar-refractivity contribution in [1.29, 1.82) is 0 Å². The highest BCUT2D eigenvalue weighted by Gasteiger charge is 2.18.